The van der Waals surface area contributed by atoms with E-state index in [0.29, 0.717) is 12.4 Å². The maximum atomic E-state index is 11.9. The first kappa shape index (κ1) is 19.4. The van der Waals surface area contributed by atoms with E-state index in [-0.39, 0.29) is 12.3 Å². The lowest BCUT2D eigenvalue weighted by atomic mass is 9.78. The minimum absolute atomic E-state index is 0.0808. The van der Waals surface area contributed by atoms with Crippen molar-refractivity contribution in [1.29, 1.82) is 0 Å². The summed E-state index contributed by atoms with van der Waals surface area (Å²) in [4.78, 5) is 11.9. The van der Waals surface area contributed by atoms with Crippen LogP contribution in [0.15, 0.2) is 54.6 Å². The summed E-state index contributed by atoms with van der Waals surface area (Å²) >= 11 is 0. The number of carboxylic acid groups (broad SMARTS) is 1. The SMILES string of the molecule is O=C(O)C(Cc1ccccc1OCc1ccccc1)C(O)C1CCCCC1. The molecule has 0 bridgehead atoms. The van der Waals surface area contributed by atoms with Gasteiger partial charge in [-0.2, -0.15) is 0 Å². The lowest BCUT2D eigenvalue weighted by Crippen LogP contribution is -2.37. The lowest BCUT2D eigenvalue weighted by molar-refractivity contribution is -0.147. The second kappa shape index (κ2) is 9.56. The van der Waals surface area contributed by atoms with Gasteiger partial charge in [-0.25, -0.2) is 0 Å². The Morgan fingerprint density at radius 3 is 2.37 bits per heavy atom. The maximum absolute atomic E-state index is 11.9. The average molecular weight is 368 g/mol. The van der Waals surface area contributed by atoms with Gasteiger partial charge in [0.25, 0.3) is 0 Å². The zero-order valence-electron chi connectivity index (χ0n) is 15.6. The Labute approximate surface area is 160 Å². The highest BCUT2D eigenvalue weighted by Crippen LogP contribution is 2.32. The van der Waals surface area contributed by atoms with Crippen molar-refractivity contribution >= 4 is 5.97 Å². The van der Waals surface area contributed by atoms with Gasteiger partial charge < -0.3 is 14.9 Å². The predicted molar refractivity (Wildman–Crippen MR) is 105 cm³/mol. The van der Waals surface area contributed by atoms with Crippen molar-refractivity contribution in [1.82, 2.24) is 0 Å². The normalized spacial score (nSPS) is 17.2. The number of ether oxygens (including phenoxy) is 1. The first-order valence-corrected chi connectivity index (χ1v) is 9.80. The molecule has 0 amide bonds. The summed E-state index contributed by atoms with van der Waals surface area (Å²) in [5.41, 5.74) is 1.89. The molecule has 2 atom stereocenters. The standard InChI is InChI=1S/C23H28O4/c24-22(18-11-5-2-6-12-18)20(23(25)26)15-19-13-7-8-14-21(19)27-16-17-9-3-1-4-10-17/h1,3-4,7-10,13-14,18,20,22,24H,2,5-6,11-12,15-16H2,(H,25,26). The Morgan fingerprint density at radius 1 is 1.00 bits per heavy atom. The van der Waals surface area contributed by atoms with E-state index in [1.54, 1.807) is 0 Å². The van der Waals surface area contributed by atoms with Crippen LogP contribution in [0, 0.1) is 11.8 Å². The molecule has 0 aliphatic heterocycles. The fourth-order valence-corrected chi connectivity index (χ4v) is 3.94. The van der Waals surface area contributed by atoms with Crippen molar-refractivity contribution in [2.75, 3.05) is 0 Å². The lowest BCUT2D eigenvalue weighted by Gasteiger charge is -2.30. The van der Waals surface area contributed by atoms with Crippen LogP contribution >= 0.6 is 0 Å². The fraction of sp³-hybridized carbons (Fsp3) is 0.435. The highest BCUT2D eigenvalue weighted by Gasteiger charge is 2.34. The van der Waals surface area contributed by atoms with Gasteiger partial charge in [-0.15, -0.1) is 0 Å². The van der Waals surface area contributed by atoms with Crippen LogP contribution in [0.5, 0.6) is 5.75 Å². The van der Waals surface area contributed by atoms with Crippen molar-refractivity contribution in [2.24, 2.45) is 11.8 Å². The molecule has 1 aliphatic rings. The van der Waals surface area contributed by atoms with Gasteiger partial charge in [0, 0.05) is 0 Å². The summed E-state index contributed by atoms with van der Waals surface area (Å²) in [5, 5.41) is 20.5. The van der Waals surface area contributed by atoms with Gasteiger partial charge in [0.2, 0.25) is 0 Å². The first-order valence-electron chi connectivity index (χ1n) is 9.80. The summed E-state index contributed by atoms with van der Waals surface area (Å²) in [6.07, 6.45) is 4.61. The molecule has 1 saturated carbocycles. The molecule has 0 radical (unpaired) electrons. The number of aliphatic hydroxyl groups excluding tert-OH is 1. The number of para-hydroxylation sites is 1. The molecule has 2 aromatic rings. The molecule has 1 aliphatic carbocycles. The minimum atomic E-state index is -0.939. The van der Waals surface area contributed by atoms with Crippen LogP contribution in [0.1, 0.15) is 43.2 Å². The summed E-state index contributed by atoms with van der Waals surface area (Å²) < 4.78 is 5.95. The minimum Gasteiger partial charge on any atom is -0.489 e. The first-order chi connectivity index (χ1) is 13.1. The van der Waals surface area contributed by atoms with E-state index in [1.165, 1.54) is 6.42 Å². The number of benzene rings is 2. The Balaban J connectivity index is 1.71. The highest BCUT2D eigenvalue weighted by molar-refractivity contribution is 5.71. The smallest absolute Gasteiger partial charge is 0.309 e. The molecule has 3 rings (SSSR count). The van der Waals surface area contributed by atoms with Gasteiger partial charge >= 0.3 is 5.97 Å². The van der Waals surface area contributed by atoms with E-state index in [1.807, 2.05) is 54.6 Å². The van der Waals surface area contributed by atoms with E-state index >= 15 is 0 Å². The number of aliphatic carboxylic acids is 1. The molecule has 2 unspecified atom stereocenters. The Bertz CT molecular complexity index is 722. The molecule has 1 fully saturated rings. The Hall–Kier alpha value is -2.33. The van der Waals surface area contributed by atoms with Crippen molar-refractivity contribution in [2.45, 2.75) is 51.2 Å². The number of hydrogen-bond donors (Lipinski definition) is 2. The largest absolute Gasteiger partial charge is 0.489 e. The van der Waals surface area contributed by atoms with E-state index in [2.05, 4.69) is 0 Å². The molecule has 0 saturated heterocycles. The zero-order valence-corrected chi connectivity index (χ0v) is 15.6. The van der Waals surface area contributed by atoms with E-state index in [9.17, 15) is 15.0 Å². The molecule has 0 heterocycles. The molecular weight excluding hydrogens is 340 g/mol. The molecule has 144 valence electrons. The van der Waals surface area contributed by atoms with Crippen molar-refractivity contribution in [3.8, 4) is 5.75 Å². The molecule has 4 nitrogen and oxygen atoms in total. The molecule has 0 spiro atoms. The van der Waals surface area contributed by atoms with Crippen LogP contribution < -0.4 is 4.74 Å². The number of carbonyl (C=O) groups is 1. The monoisotopic (exact) mass is 368 g/mol. The Morgan fingerprint density at radius 2 is 1.67 bits per heavy atom. The third-order valence-electron chi connectivity index (χ3n) is 5.51. The topological polar surface area (TPSA) is 66.8 Å². The second-order valence-corrected chi connectivity index (χ2v) is 7.42. The third kappa shape index (κ3) is 5.33. The third-order valence-corrected chi connectivity index (χ3v) is 5.51. The summed E-state index contributed by atoms with van der Waals surface area (Å²) in [6, 6.07) is 17.4. The molecule has 2 aromatic carbocycles. The molecular formula is C23H28O4. The molecule has 2 N–H and O–H groups in total. The van der Waals surface area contributed by atoms with Gasteiger partial charge in [0.1, 0.15) is 12.4 Å². The quantitative estimate of drug-likeness (QED) is 0.722. The number of aliphatic hydroxyl groups is 1. The van der Waals surface area contributed by atoms with Crippen molar-refractivity contribution in [3.63, 3.8) is 0 Å². The van der Waals surface area contributed by atoms with Gasteiger partial charge in [-0.05, 0) is 42.4 Å². The van der Waals surface area contributed by atoms with Crippen molar-refractivity contribution < 1.29 is 19.7 Å². The zero-order chi connectivity index (χ0) is 19.1. The summed E-state index contributed by atoms with van der Waals surface area (Å²) in [7, 11) is 0. The van der Waals surface area contributed by atoms with Crippen LogP contribution in [0.25, 0.3) is 0 Å². The number of hydrogen-bond acceptors (Lipinski definition) is 3. The van der Waals surface area contributed by atoms with Crippen LogP contribution in [0.4, 0.5) is 0 Å². The predicted octanol–water partition coefficient (Wildman–Crippen LogP) is 4.45. The Kier molecular flexibility index (Phi) is 6.88. The van der Waals surface area contributed by atoms with Gasteiger partial charge in [-0.1, -0.05) is 67.8 Å². The van der Waals surface area contributed by atoms with Crippen LogP contribution in [0.2, 0.25) is 0 Å². The van der Waals surface area contributed by atoms with Crippen LogP contribution in [-0.2, 0) is 17.8 Å². The van der Waals surface area contributed by atoms with Crippen LogP contribution in [-0.4, -0.2) is 22.3 Å². The number of rotatable bonds is 8. The van der Waals surface area contributed by atoms with E-state index in [4.69, 9.17) is 4.74 Å². The molecule has 4 heteroatoms. The van der Waals surface area contributed by atoms with Gasteiger partial charge in [0.05, 0.1) is 12.0 Å². The van der Waals surface area contributed by atoms with Crippen LogP contribution in [0.3, 0.4) is 0 Å². The molecule has 0 aromatic heterocycles. The van der Waals surface area contributed by atoms with Crippen molar-refractivity contribution in [3.05, 3.63) is 65.7 Å². The second-order valence-electron chi connectivity index (χ2n) is 7.42. The number of carboxylic acids is 1. The average Bonchev–Trinajstić information content (AvgIpc) is 2.72. The van der Waals surface area contributed by atoms with Gasteiger partial charge in [-0.3, -0.25) is 4.79 Å². The summed E-state index contributed by atoms with van der Waals surface area (Å²) in [6.45, 7) is 0.431. The fourth-order valence-electron chi connectivity index (χ4n) is 3.94. The van der Waals surface area contributed by atoms with Gasteiger partial charge in [0.15, 0.2) is 0 Å². The summed E-state index contributed by atoms with van der Waals surface area (Å²) in [5.74, 6) is -0.985. The maximum Gasteiger partial charge on any atom is 0.309 e. The highest BCUT2D eigenvalue weighted by atomic mass is 16.5. The van der Waals surface area contributed by atoms with E-state index in [0.717, 1.165) is 36.8 Å². The van der Waals surface area contributed by atoms with E-state index < -0.39 is 18.0 Å². The molecule has 27 heavy (non-hydrogen) atoms.